The van der Waals surface area contributed by atoms with Crippen LogP contribution in [0.4, 0.5) is 5.69 Å². The first-order valence-corrected chi connectivity index (χ1v) is 6.29. The summed E-state index contributed by atoms with van der Waals surface area (Å²) in [5.41, 5.74) is -0.275. The Morgan fingerprint density at radius 1 is 1.48 bits per heavy atom. The zero-order valence-electron chi connectivity index (χ0n) is 12.0. The number of nitrogens with zero attached hydrogens (tertiary/aromatic N) is 1. The topological polar surface area (TPSA) is 111 Å². The fourth-order valence-corrected chi connectivity index (χ4v) is 1.66. The summed E-state index contributed by atoms with van der Waals surface area (Å²) in [6.45, 7) is 3.37. The lowest BCUT2D eigenvalue weighted by molar-refractivity contribution is -0.386. The van der Waals surface area contributed by atoms with E-state index in [1.54, 1.807) is 13.8 Å². The Hall–Kier alpha value is -2.35. The predicted molar refractivity (Wildman–Crippen MR) is 74.8 cm³/mol. The molecule has 1 aromatic rings. The third-order valence-electron chi connectivity index (χ3n) is 2.60. The largest absolute Gasteiger partial charge is 0.496 e. The van der Waals surface area contributed by atoms with Crippen molar-refractivity contribution in [3.05, 3.63) is 28.3 Å². The summed E-state index contributed by atoms with van der Waals surface area (Å²) in [7, 11) is 1.40. The number of rotatable bonds is 8. The molecule has 0 spiro atoms. The summed E-state index contributed by atoms with van der Waals surface area (Å²) in [4.78, 5) is 21.5. The van der Waals surface area contributed by atoms with Crippen LogP contribution in [0.1, 0.15) is 13.8 Å². The molecule has 0 bridgehead atoms. The van der Waals surface area contributed by atoms with E-state index in [1.165, 1.54) is 25.3 Å². The SMILES string of the molecule is COc1ccc(OCC(NC(C)C)C(=O)O)c([N+](=O)[O-])c1. The maximum atomic E-state index is 11.1. The van der Waals surface area contributed by atoms with Gasteiger partial charge in [0.2, 0.25) is 0 Å². The van der Waals surface area contributed by atoms with Crippen molar-refractivity contribution in [1.82, 2.24) is 5.32 Å². The van der Waals surface area contributed by atoms with Crippen LogP contribution in [0.15, 0.2) is 18.2 Å². The molecule has 1 aromatic carbocycles. The summed E-state index contributed by atoms with van der Waals surface area (Å²) in [5.74, 6) is -0.762. The van der Waals surface area contributed by atoms with Crippen molar-refractivity contribution in [2.75, 3.05) is 13.7 Å². The van der Waals surface area contributed by atoms with Gasteiger partial charge in [-0.05, 0) is 12.1 Å². The highest BCUT2D eigenvalue weighted by atomic mass is 16.6. The second-order valence-corrected chi connectivity index (χ2v) is 4.61. The Bertz CT molecular complexity index is 517. The number of nitrogens with one attached hydrogen (secondary N) is 1. The van der Waals surface area contributed by atoms with Crippen molar-refractivity contribution in [3.8, 4) is 11.5 Å². The van der Waals surface area contributed by atoms with E-state index in [0.717, 1.165) is 0 Å². The number of carboxylic acids is 1. The molecule has 8 heteroatoms. The second-order valence-electron chi connectivity index (χ2n) is 4.61. The van der Waals surface area contributed by atoms with E-state index in [4.69, 9.17) is 14.6 Å². The van der Waals surface area contributed by atoms with Crippen LogP contribution in [0.25, 0.3) is 0 Å². The number of nitro benzene ring substituents is 1. The normalized spacial score (nSPS) is 12.0. The fraction of sp³-hybridized carbons (Fsp3) is 0.462. The van der Waals surface area contributed by atoms with Gasteiger partial charge in [0, 0.05) is 6.04 Å². The number of carbonyl (C=O) groups is 1. The van der Waals surface area contributed by atoms with Crippen molar-refractivity contribution in [3.63, 3.8) is 0 Å². The number of methoxy groups -OCH3 is 1. The molecule has 1 atom stereocenters. The Balaban J connectivity index is 2.86. The van der Waals surface area contributed by atoms with Crippen molar-refractivity contribution in [1.29, 1.82) is 0 Å². The zero-order chi connectivity index (χ0) is 16.0. The molecule has 1 rings (SSSR count). The van der Waals surface area contributed by atoms with E-state index in [-0.39, 0.29) is 24.1 Å². The van der Waals surface area contributed by atoms with Crippen molar-refractivity contribution < 1.29 is 24.3 Å². The van der Waals surface area contributed by atoms with Gasteiger partial charge in [-0.25, -0.2) is 0 Å². The van der Waals surface area contributed by atoms with Crippen LogP contribution in [0.5, 0.6) is 11.5 Å². The minimum atomic E-state index is -1.08. The number of benzene rings is 1. The lowest BCUT2D eigenvalue weighted by Crippen LogP contribution is -2.44. The van der Waals surface area contributed by atoms with Gasteiger partial charge < -0.3 is 14.6 Å². The lowest BCUT2D eigenvalue weighted by atomic mass is 10.2. The molecular weight excluding hydrogens is 280 g/mol. The zero-order valence-corrected chi connectivity index (χ0v) is 12.0. The molecule has 2 N–H and O–H groups in total. The van der Waals surface area contributed by atoms with E-state index < -0.39 is 16.9 Å². The Kier molecular flexibility index (Phi) is 5.92. The monoisotopic (exact) mass is 298 g/mol. The number of nitro groups is 1. The molecule has 8 nitrogen and oxygen atoms in total. The summed E-state index contributed by atoms with van der Waals surface area (Å²) in [5, 5.41) is 22.9. The molecule has 21 heavy (non-hydrogen) atoms. The quantitative estimate of drug-likeness (QED) is 0.551. The molecule has 116 valence electrons. The summed E-state index contributed by atoms with van der Waals surface area (Å²) in [6, 6.07) is 3.10. The molecule has 1 unspecified atom stereocenters. The van der Waals surface area contributed by atoms with E-state index >= 15 is 0 Å². The van der Waals surface area contributed by atoms with E-state index in [2.05, 4.69) is 5.32 Å². The first-order chi connectivity index (χ1) is 9.85. The standard InChI is InChI=1S/C13H18N2O6/c1-8(2)14-10(13(16)17)7-21-12-5-4-9(20-3)6-11(12)15(18)19/h4-6,8,10,14H,7H2,1-3H3,(H,16,17). The minimum Gasteiger partial charge on any atom is -0.496 e. The lowest BCUT2D eigenvalue weighted by Gasteiger charge is -2.17. The van der Waals surface area contributed by atoms with E-state index in [1.807, 2.05) is 0 Å². The first kappa shape index (κ1) is 16.7. The van der Waals surface area contributed by atoms with Gasteiger partial charge in [-0.15, -0.1) is 0 Å². The van der Waals surface area contributed by atoms with Gasteiger partial charge in [0.15, 0.2) is 5.75 Å². The molecule has 0 heterocycles. The fourth-order valence-electron chi connectivity index (χ4n) is 1.66. The van der Waals surface area contributed by atoms with Crippen LogP contribution in [-0.2, 0) is 4.79 Å². The van der Waals surface area contributed by atoms with E-state index in [0.29, 0.717) is 5.75 Å². The van der Waals surface area contributed by atoms with E-state index in [9.17, 15) is 14.9 Å². The van der Waals surface area contributed by atoms with Crippen LogP contribution < -0.4 is 14.8 Å². The third-order valence-corrected chi connectivity index (χ3v) is 2.60. The molecule has 0 fully saturated rings. The maximum Gasteiger partial charge on any atom is 0.324 e. The highest BCUT2D eigenvalue weighted by molar-refractivity contribution is 5.73. The molecule has 0 aliphatic rings. The molecule has 0 aliphatic carbocycles. The van der Waals surface area contributed by atoms with Crippen LogP contribution in [0.3, 0.4) is 0 Å². The van der Waals surface area contributed by atoms with Crippen molar-refractivity contribution >= 4 is 11.7 Å². The highest BCUT2D eigenvalue weighted by Gasteiger charge is 2.22. The predicted octanol–water partition coefficient (Wildman–Crippen LogP) is 1.43. The number of aliphatic carboxylic acids is 1. The number of hydrogen-bond acceptors (Lipinski definition) is 6. The summed E-state index contributed by atoms with van der Waals surface area (Å²) < 4.78 is 10.2. The Labute approximate surface area is 121 Å². The van der Waals surface area contributed by atoms with Crippen LogP contribution in [-0.4, -0.2) is 41.8 Å². The van der Waals surface area contributed by atoms with Gasteiger partial charge in [0.05, 0.1) is 18.1 Å². The second kappa shape index (κ2) is 7.44. The third kappa shape index (κ3) is 4.92. The van der Waals surface area contributed by atoms with Gasteiger partial charge >= 0.3 is 11.7 Å². The Morgan fingerprint density at radius 2 is 2.14 bits per heavy atom. The van der Waals surface area contributed by atoms with Crippen LogP contribution in [0, 0.1) is 10.1 Å². The molecular formula is C13H18N2O6. The van der Waals surface area contributed by atoms with Crippen molar-refractivity contribution in [2.45, 2.75) is 25.9 Å². The molecule has 0 saturated carbocycles. The Morgan fingerprint density at radius 3 is 2.62 bits per heavy atom. The number of ether oxygens (including phenoxy) is 2. The van der Waals surface area contributed by atoms with Crippen molar-refractivity contribution in [2.24, 2.45) is 0 Å². The van der Waals surface area contributed by atoms with Gasteiger partial charge in [-0.3, -0.25) is 20.2 Å². The van der Waals surface area contributed by atoms with Gasteiger partial charge in [0.25, 0.3) is 0 Å². The smallest absolute Gasteiger partial charge is 0.324 e. The van der Waals surface area contributed by atoms with Gasteiger partial charge in [-0.2, -0.15) is 0 Å². The van der Waals surface area contributed by atoms with Crippen LogP contribution in [0.2, 0.25) is 0 Å². The molecule has 0 aromatic heterocycles. The average Bonchev–Trinajstić information content (AvgIpc) is 2.42. The average molecular weight is 298 g/mol. The minimum absolute atomic E-state index is 0.00222. The molecule has 0 aliphatic heterocycles. The molecule has 0 radical (unpaired) electrons. The van der Waals surface area contributed by atoms with Gasteiger partial charge in [-0.1, -0.05) is 13.8 Å². The van der Waals surface area contributed by atoms with Crippen LogP contribution >= 0.6 is 0 Å². The number of hydrogen-bond donors (Lipinski definition) is 2. The highest BCUT2D eigenvalue weighted by Crippen LogP contribution is 2.31. The molecule has 0 saturated heterocycles. The number of carboxylic acid groups (broad SMARTS) is 1. The maximum absolute atomic E-state index is 11.1. The summed E-state index contributed by atoms with van der Waals surface area (Å²) in [6.07, 6.45) is 0. The summed E-state index contributed by atoms with van der Waals surface area (Å²) >= 11 is 0. The first-order valence-electron chi connectivity index (χ1n) is 6.29. The van der Waals surface area contributed by atoms with Gasteiger partial charge in [0.1, 0.15) is 18.4 Å². The molecule has 0 amide bonds.